The van der Waals surface area contributed by atoms with Gasteiger partial charge in [-0.2, -0.15) is 5.10 Å². The fourth-order valence-corrected chi connectivity index (χ4v) is 1.66. The quantitative estimate of drug-likeness (QED) is 0.673. The van der Waals surface area contributed by atoms with E-state index in [9.17, 15) is 13.6 Å². The lowest BCUT2D eigenvalue weighted by Gasteiger charge is -2.03. The SMILES string of the molecule is CC(=Nc1cc(C(F)F)[nH]n1)NC(=O)c1ccc(Cl)cc1. The largest absolute Gasteiger partial charge is 0.310 e. The van der Waals surface area contributed by atoms with Crippen LogP contribution < -0.4 is 5.32 Å². The number of amidine groups is 1. The number of carbonyl (C=O) groups excluding carboxylic acids is 1. The first-order chi connectivity index (χ1) is 9.95. The number of rotatable bonds is 3. The molecule has 0 spiro atoms. The van der Waals surface area contributed by atoms with Crippen LogP contribution in [0.4, 0.5) is 14.6 Å². The van der Waals surface area contributed by atoms with Crippen LogP contribution in [0.25, 0.3) is 0 Å². The smallest absolute Gasteiger partial charge is 0.279 e. The van der Waals surface area contributed by atoms with Gasteiger partial charge in [-0.1, -0.05) is 11.6 Å². The molecule has 0 aliphatic rings. The molecule has 0 radical (unpaired) electrons. The summed E-state index contributed by atoms with van der Waals surface area (Å²) in [6.07, 6.45) is -2.65. The molecular weight excluding hydrogens is 302 g/mol. The van der Waals surface area contributed by atoms with Crippen molar-refractivity contribution in [2.75, 3.05) is 0 Å². The Hall–Kier alpha value is -2.28. The minimum Gasteiger partial charge on any atom is -0.310 e. The molecule has 0 aliphatic heterocycles. The summed E-state index contributed by atoms with van der Waals surface area (Å²) >= 11 is 5.73. The van der Waals surface area contributed by atoms with E-state index in [4.69, 9.17) is 11.6 Å². The van der Waals surface area contributed by atoms with Crippen molar-refractivity contribution in [1.82, 2.24) is 15.5 Å². The number of aromatic nitrogens is 2. The summed E-state index contributed by atoms with van der Waals surface area (Å²) in [5.41, 5.74) is 0.0785. The molecule has 0 unspecified atom stereocenters. The zero-order valence-electron chi connectivity index (χ0n) is 10.9. The molecule has 1 aromatic heterocycles. The maximum Gasteiger partial charge on any atom is 0.279 e. The van der Waals surface area contributed by atoms with E-state index in [1.54, 1.807) is 24.3 Å². The molecule has 8 heteroatoms. The molecule has 110 valence electrons. The Balaban J connectivity index is 2.05. The summed E-state index contributed by atoms with van der Waals surface area (Å²) in [5, 5.41) is 8.83. The number of hydrogen-bond acceptors (Lipinski definition) is 3. The summed E-state index contributed by atoms with van der Waals surface area (Å²) < 4.78 is 24.8. The third-order valence-corrected chi connectivity index (χ3v) is 2.75. The summed E-state index contributed by atoms with van der Waals surface area (Å²) in [5.74, 6) is -0.0704. The molecule has 2 N–H and O–H groups in total. The molecule has 1 amide bonds. The van der Waals surface area contributed by atoms with Crippen LogP contribution in [0.3, 0.4) is 0 Å². The average Bonchev–Trinajstić information content (AvgIpc) is 2.87. The first kappa shape index (κ1) is 15.1. The molecule has 5 nitrogen and oxygen atoms in total. The zero-order chi connectivity index (χ0) is 15.4. The van der Waals surface area contributed by atoms with Gasteiger partial charge in [-0.05, 0) is 31.2 Å². The number of benzene rings is 1. The van der Waals surface area contributed by atoms with Crippen LogP contribution in [0.2, 0.25) is 5.02 Å². The van der Waals surface area contributed by atoms with Crippen LogP contribution in [-0.2, 0) is 0 Å². The number of nitrogens with one attached hydrogen (secondary N) is 2. The maximum absolute atomic E-state index is 12.4. The van der Waals surface area contributed by atoms with Crippen LogP contribution in [0, 0.1) is 0 Å². The third-order valence-electron chi connectivity index (χ3n) is 2.50. The van der Waals surface area contributed by atoms with Gasteiger partial charge in [0.2, 0.25) is 0 Å². The number of halogens is 3. The van der Waals surface area contributed by atoms with Crippen molar-refractivity contribution in [1.29, 1.82) is 0 Å². The van der Waals surface area contributed by atoms with Gasteiger partial charge in [-0.25, -0.2) is 13.8 Å². The van der Waals surface area contributed by atoms with E-state index < -0.39 is 6.43 Å². The second-order valence-electron chi connectivity index (χ2n) is 4.14. The van der Waals surface area contributed by atoms with Gasteiger partial charge < -0.3 is 5.32 Å². The van der Waals surface area contributed by atoms with Gasteiger partial charge in [0.1, 0.15) is 11.5 Å². The van der Waals surface area contributed by atoms with Gasteiger partial charge in [0.25, 0.3) is 12.3 Å². The van der Waals surface area contributed by atoms with Gasteiger partial charge >= 0.3 is 0 Å². The minimum absolute atomic E-state index is 0.0687. The molecule has 1 aromatic carbocycles. The molecule has 21 heavy (non-hydrogen) atoms. The van der Waals surface area contributed by atoms with E-state index in [1.165, 1.54) is 6.92 Å². The number of hydrogen-bond donors (Lipinski definition) is 2. The first-order valence-electron chi connectivity index (χ1n) is 5.91. The predicted molar refractivity (Wildman–Crippen MR) is 75.2 cm³/mol. The van der Waals surface area contributed by atoms with Crippen molar-refractivity contribution in [3.8, 4) is 0 Å². The van der Waals surface area contributed by atoms with Gasteiger partial charge in [-0.3, -0.25) is 9.89 Å². The van der Waals surface area contributed by atoms with Crippen LogP contribution >= 0.6 is 11.6 Å². The highest BCUT2D eigenvalue weighted by atomic mass is 35.5. The molecule has 2 aromatic rings. The average molecular weight is 313 g/mol. The highest BCUT2D eigenvalue weighted by molar-refractivity contribution is 6.30. The molecule has 2 rings (SSSR count). The molecule has 1 heterocycles. The molecular formula is C13H11ClF2N4O. The Morgan fingerprint density at radius 1 is 1.38 bits per heavy atom. The molecule has 0 bridgehead atoms. The fraction of sp³-hybridized carbons (Fsp3) is 0.154. The lowest BCUT2D eigenvalue weighted by atomic mass is 10.2. The van der Waals surface area contributed by atoms with E-state index in [-0.39, 0.29) is 23.3 Å². The number of nitrogens with zero attached hydrogens (tertiary/aromatic N) is 2. The first-order valence-corrected chi connectivity index (χ1v) is 6.29. The lowest BCUT2D eigenvalue weighted by Crippen LogP contribution is -2.28. The standard InChI is InChI=1S/C13H11ClF2N4O/c1-7(17-11-6-10(12(15)16)19-20-11)18-13(21)8-2-4-9(14)5-3-8/h2-6,12H,1H3,(H2,17,18,19,20,21). The number of aliphatic imine (C=N–C) groups is 1. The highest BCUT2D eigenvalue weighted by Gasteiger charge is 2.11. The maximum atomic E-state index is 12.4. The zero-order valence-corrected chi connectivity index (χ0v) is 11.7. The second-order valence-corrected chi connectivity index (χ2v) is 4.58. The summed E-state index contributed by atoms with van der Waals surface area (Å²) in [6, 6.07) is 7.42. The Kier molecular flexibility index (Phi) is 4.64. The number of carbonyl (C=O) groups is 1. The number of aromatic amines is 1. The van der Waals surface area contributed by atoms with Crippen LogP contribution in [0.1, 0.15) is 29.4 Å². The van der Waals surface area contributed by atoms with Crippen molar-refractivity contribution in [3.05, 3.63) is 46.6 Å². The minimum atomic E-state index is -2.65. The normalized spacial score (nSPS) is 11.8. The van der Waals surface area contributed by atoms with Crippen LogP contribution in [-0.4, -0.2) is 21.9 Å². The summed E-state index contributed by atoms with van der Waals surface area (Å²) in [4.78, 5) is 15.8. The lowest BCUT2D eigenvalue weighted by molar-refractivity contribution is 0.0977. The van der Waals surface area contributed by atoms with E-state index >= 15 is 0 Å². The summed E-state index contributed by atoms with van der Waals surface area (Å²) in [7, 11) is 0. The van der Waals surface area contributed by atoms with Crippen molar-refractivity contribution < 1.29 is 13.6 Å². The van der Waals surface area contributed by atoms with Gasteiger partial charge in [0.05, 0.1) is 0 Å². The molecule has 0 atom stereocenters. The van der Waals surface area contributed by atoms with Crippen molar-refractivity contribution in [2.24, 2.45) is 4.99 Å². The van der Waals surface area contributed by atoms with Gasteiger partial charge in [0, 0.05) is 16.7 Å². The Morgan fingerprint density at radius 2 is 2.05 bits per heavy atom. The monoisotopic (exact) mass is 312 g/mol. The van der Waals surface area contributed by atoms with Crippen LogP contribution in [0.15, 0.2) is 35.3 Å². The van der Waals surface area contributed by atoms with Gasteiger partial charge in [-0.15, -0.1) is 0 Å². The third kappa shape index (κ3) is 4.09. The molecule has 0 aliphatic carbocycles. The number of amides is 1. The topological polar surface area (TPSA) is 70.1 Å². The van der Waals surface area contributed by atoms with Crippen molar-refractivity contribution in [3.63, 3.8) is 0 Å². The van der Waals surface area contributed by atoms with E-state index in [0.717, 1.165) is 6.07 Å². The summed E-state index contributed by atoms with van der Waals surface area (Å²) in [6.45, 7) is 1.53. The van der Waals surface area contributed by atoms with Crippen molar-refractivity contribution in [2.45, 2.75) is 13.3 Å². The number of H-pyrrole nitrogens is 1. The van der Waals surface area contributed by atoms with Crippen LogP contribution in [0.5, 0.6) is 0 Å². The second kappa shape index (κ2) is 6.45. The molecule has 0 saturated carbocycles. The molecule has 0 saturated heterocycles. The van der Waals surface area contributed by atoms with Gasteiger partial charge in [0.15, 0.2) is 5.82 Å². The Bertz CT molecular complexity index is 667. The van der Waals surface area contributed by atoms with E-state index in [1.807, 2.05) is 0 Å². The number of alkyl halides is 2. The van der Waals surface area contributed by atoms with E-state index in [2.05, 4.69) is 20.5 Å². The van der Waals surface area contributed by atoms with Crippen molar-refractivity contribution >= 4 is 29.2 Å². The Labute approximate surface area is 124 Å². The Morgan fingerprint density at radius 3 is 2.62 bits per heavy atom. The highest BCUT2D eigenvalue weighted by Crippen LogP contribution is 2.20. The van der Waals surface area contributed by atoms with E-state index in [0.29, 0.717) is 10.6 Å². The molecule has 0 fully saturated rings. The predicted octanol–water partition coefficient (Wildman–Crippen LogP) is 3.48. The fourth-order valence-electron chi connectivity index (χ4n) is 1.53.